The van der Waals surface area contributed by atoms with Gasteiger partial charge in [-0.2, -0.15) is 0 Å². The molecule has 0 bridgehead atoms. The maximum atomic E-state index is 11.6. The summed E-state index contributed by atoms with van der Waals surface area (Å²) >= 11 is 0. The van der Waals surface area contributed by atoms with E-state index in [1.165, 1.54) is 50.2 Å². The lowest BCUT2D eigenvalue weighted by molar-refractivity contribution is -0.384. The lowest BCUT2D eigenvalue weighted by atomic mass is 10.3. The molecule has 1 saturated heterocycles. The van der Waals surface area contributed by atoms with Crippen LogP contribution < -0.4 is 10.1 Å². The second-order valence-corrected chi connectivity index (χ2v) is 5.32. The van der Waals surface area contributed by atoms with E-state index in [1.807, 2.05) is 0 Å². The highest BCUT2D eigenvalue weighted by atomic mass is 16.6. The number of likely N-dealkylation sites (tertiary alicyclic amines) is 1. The van der Waals surface area contributed by atoms with Gasteiger partial charge in [-0.3, -0.25) is 10.1 Å². The first-order valence-corrected chi connectivity index (χ1v) is 7.57. The van der Waals surface area contributed by atoms with E-state index in [4.69, 9.17) is 4.74 Å². The molecule has 1 aliphatic rings. The highest BCUT2D eigenvalue weighted by Gasteiger charge is 2.10. The Morgan fingerprint density at radius 2 is 1.91 bits per heavy atom. The number of nitrogens with one attached hydrogen (secondary N) is 1. The monoisotopic (exact) mass is 307 g/mol. The van der Waals surface area contributed by atoms with Gasteiger partial charge in [-0.1, -0.05) is 0 Å². The molecule has 1 aliphatic heterocycles. The Hall–Kier alpha value is -2.15. The summed E-state index contributed by atoms with van der Waals surface area (Å²) in [4.78, 5) is 24.0. The Balaban J connectivity index is 1.59. The molecule has 2 rings (SSSR count). The van der Waals surface area contributed by atoms with E-state index >= 15 is 0 Å². The molecule has 120 valence electrons. The van der Waals surface area contributed by atoms with Gasteiger partial charge in [0.2, 0.25) is 0 Å². The van der Waals surface area contributed by atoms with Crippen LogP contribution in [0.1, 0.15) is 25.7 Å². The third-order valence-corrected chi connectivity index (χ3v) is 3.63. The Kier molecular flexibility index (Phi) is 6.14. The van der Waals surface area contributed by atoms with Crippen LogP contribution in [-0.2, 0) is 0 Å². The van der Waals surface area contributed by atoms with Crippen molar-refractivity contribution in [1.82, 2.24) is 10.2 Å². The third-order valence-electron chi connectivity index (χ3n) is 3.63. The Labute approximate surface area is 129 Å². The number of nitro groups is 1. The molecule has 0 atom stereocenters. The van der Waals surface area contributed by atoms with E-state index < -0.39 is 11.0 Å². The van der Waals surface area contributed by atoms with Crippen molar-refractivity contribution < 1.29 is 14.5 Å². The van der Waals surface area contributed by atoms with Crippen LogP contribution in [0.3, 0.4) is 0 Å². The molecule has 0 aliphatic carbocycles. The Morgan fingerprint density at radius 3 is 2.55 bits per heavy atom. The van der Waals surface area contributed by atoms with Crippen molar-refractivity contribution >= 4 is 11.8 Å². The van der Waals surface area contributed by atoms with Crippen LogP contribution in [0.5, 0.6) is 5.75 Å². The summed E-state index contributed by atoms with van der Waals surface area (Å²) in [7, 11) is 0. The summed E-state index contributed by atoms with van der Waals surface area (Å²) < 4.78 is 5.05. The minimum Gasteiger partial charge on any atom is -0.410 e. The highest BCUT2D eigenvalue weighted by Crippen LogP contribution is 2.17. The number of benzene rings is 1. The third kappa shape index (κ3) is 5.33. The first-order chi connectivity index (χ1) is 10.6. The molecular weight excluding hydrogens is 286 g/mol. The zero-order valence-corrected chi connectivity index (χ0v) is 12.5. The number of rotatable bonds is 7. The van der Waals surface area contributed by atoms with Crippen molar-refractivity contribution in [3.63, 3.8) is 0 Å². The molecule has 7 nitrogen and oxygen atoms in total. The van der Waals surface area contributed by atoms with Gasteiger partial charge in [-0.05, 0) is 57.5 Å². The molecule has 0 unspecified atom stereocenters. The summed E-state index contributed by atoms with van der Waals surface area (Å²) in [6, 6.07) is 5.42. The lowest BCUT2D eigenvalue weighted by Crippen LogP contribution is -2.28. The first kappa shape index (κ1) is 16.2. The normalized spacial score (nSPS) is 14.7. The number of hydrogen-bond acceptors (Lipinski definition) is 5. The van der Waals surface area contributed by atoms with Gasteiger partial charge >= 0.3 is 6.09 Å². The van der Waals surface area contributed by atoms with Crippen LogP contribution in [0, 0.1) is 10.1 Å². The summed E-state index contributed by atoms with van der Waals surface area (Å²) in [6.07, 6.45) is 4.01. The van der Waals surface area contributed by atoms with E-state index in [-0.39, 0.29) is 5.69 Å². The number of unbranched alkanes of at least 4 members (excludes halogenated alkanes) is 1. The second-order valence-electron chi connectivity index (χ2n) is 5.32. The van der Waals surface area contributed by atoms with Gasteiger partial charge < -0.3 is 15.0 Å². The van der Waals surface area contributed by atoms with Crippen LogP contribution in [0.15, 0.2) is 24.3 Å². The maximum Gasteiger partial charge on any atom is 0.412 e. The minimum absolute atomic E-state index is 0.0327. The van der Waals surface area contributed by atoms with E-state index in [0.717, 1.165) is 19.4 Å². The minimum atomic E-state index is -0.532. The van der Waals surface area contributed by atoms with Crippen LogP contribution in [-0.4, -0.2) is 42.1 Å². The Morgan fingerprint density at radius 1 is 1.23 bits per heavy atom. The van der Waals surface area contributed by atoms with E-state index in [2.05, 4.69) is 10.2 Å². The second kappa shape index (κ2) is 8.33. The highest BCUT2D eigenvalue weighted by molar-refractivity contribution is 5.70. The summed E-state index contributed by atoms with van der Waals surface area (Å²) in [5.74, 6) is 0.292. The predicted molar refractivity (Wildman–Crippen MR) is 82.0 cm³/mol. The van der Waals surface area contributed by atoms with Crippen molar-refractivity contribution in [2.45, 2.75) is 25.7 Å². The molecule has 0 aromatic heterocycles. The molecule has 1 N–H and O–H groups in total. The van der Waals surface area contributed by atoms with Crippen LogP contribution >= 0.6 is 0 Å². The molecule has 0 radical (unpaired) electrons. The number of nitro benzene ring substituents is 1. The number of amides is 1. The first-order valence-electron chi connectivity index (χ1n) is 7.57. The number of non-ortho nitro benzene ring substituents is 1. The zero-order valence-electron chi connectivity index (χ0n) is 12.5. The quantitative estimate of drug-likeness (QED) is 0.475. The maximum absolute atomic E-state index is 11.6. The standard InChI is InChI=1S/C15H21N3O4/c19-15(16-9-1-2-10-17-11-3-4-12-17)22-14-7-5-13(6-8-14)18(20)21/h5-8H,1-4,9-12H2,(H,16,19). The Bertz CT molecular complexity index is 498. The molecule has 22 heavy (non-hydrogen) atoms. The van der Waals surface area contributed by atoms with Crippen molar-refractivity contribution in [3.05, 3.63) is 34.4 Å². The van der Waals surface area contributed by atoms with E-state index in [9.17, 15) is 14.9 Å². The summed E-state index contributed by atoms with van der Waals surface area (Å²) in [6.45, 7) is 4.03. The van der Waals surface area contributed by atoms with Gasteiger partial charge in [-0.15, -0.1) is 0 Å². The molecular formula is C15H21N3O4. The molecule has 1 aromatic carbocycles. The number of carbonyl (C=O) groups is 1. The van der Waals surface area contributed by atoms with Gasteiger partial charge in [0.1, 0.15) is 5.75 Å². The number of nitrogens with zero attached hydrogens (tertiary/aromatic N) is 2. The number of hydrogen-bond donors (Lipinski definition) is 1. The van der Waals surface area contributed by atoms with Crippen molar-refractivity contribution in [3.8, 4) is 5.75 Å². The van der Waals surface area contributed by atoms with Gasteiger partial charge in [0, 0.05) is 18.7 Å². The summed E-state index contributed by atoms with van der Waals surface area (Å²) in [5, 5.41) is 13.2. The van der Waals surface area contributed by atoms with Crippen molar-refractivity contribution in [2.24, 2.45) is 0 Å². The fourth-order valence-electron chi connectivity index (χ4n) is 2.44. The SMILES string of the molecule is O=C(NCCCCN1CCCC1)Oc1ccc([N+](=O)[O-])cc1. The fraction of sp³-hybridized carbons (Fsp3) is 0.533. The van der Waals surface area contributed by atoms with Gasteiger partial charge in [0.15, 0.2) is 0 Å². The summed E-state index contributed by atoms with van der Waals surface area (Å²) in [5.41, 5.74) is -0.0327. The molecule has 0 saturated carbocycles. The van der Waals surface area contributed by atoms with Crippen molar-refractivity contribution in [2.75, 3.05) is 26.2 Å². The van der Waals surface area contributed by atoms with Gasteiger partial charge in [0.25, 0.3) is 5.69 Å². The molecule has 7 heteroatoms. The average molecular weight is 307 g/mol. The average Bonchev–Trinajstić information content (AvgIpc) is 3.00. The zero-order chi connectivity index (χ0) is 15.8. The predicted octanol–water partition coefficient (Wildman–Crippen LogP) is 2.56. The molecule has 0 spiro atoms. The topological polar surface area (TPSA) is 84.7 Å². The van der Waals surface area contributed by atoms with Gasteiger partial charge in [-0.25, -0.2) is 4.79 Å². The molecule has 1 heterocycles. The largest absolute Gasteiger partial charge is 0.412 e. The number of ether oxygens (including phenoxy) is 1. The number of carbonyl (C=O) groups excluding carboxylic acids is 1. The van der Waals surface area contributed by atoms with Crippen molar-refractivity contribution in [1.29, 1.82) is 0 Å². The van der Waals surface area contributed by atoms with Crippen LogP contribution in [0.4, 0.5) is 10.5 Å². The molecule has 1 fully saturated rings. The fourth-order valence-corrected chi connectivity index (χ4v) is 2.44. The van der Waals surface area contributed by atoms with Crippen LogP contribution in [0.25, 0.3) is 0 Å². The molecule has 1 aromatic rings. The van der Waals surface area contributed by atoms with E-state index in [0.29, 0.717) is 12.3 Å². The van der Waals surface area contributed by atoms with E-state index in [1.54, 1.807) is 0 Å². The molecule has 1 amide bonds. The van der Waals surface area contributed by atoms with Gasteiger partial charge in [0.05, 0.1) is 4.92 Å². The smallest absolute Gasteiger partial charge is 0.410 e. The van der Waals surface area contributed by atoms with Crippen LogP contribution in [0.2, 0.25) is 0 Å². The lowest BCUT2D eigenvalue weighted by Gasteiger charge is -2.13.